The van der Waals surface area contributed by atoms with Gasteiger partial charge < -0.3 is 14.5 Å². The smallest absolute Gasteiger partial charge is 0.261 e. The zero-order valence-corrected chi connectivity index (χ0v) is 18.4. The second-order valence-electron chi connectivity index (χ2n) is 7.19. The monoisotopic (exact) mass is 462 g/mol. The average molecular weight is 463 g/mol. The molecule has 0 bridgehead atoms. The topological polar surface area (TPSA) is 97.6 Å². The Kier molecular flexibility index (Phi) is 6.75. The van der Waals surface area contributed by atoms with Gasteiger partial charge in [-0.25, -0.2) is 8.42 Å². The quantitative estimate of drug-likeness (QED) is 0.379. The molecule has 168 valence electrons. The number of furan rings is 1. The molecule has 0 saturated heterocycles. The minimum absolute atomic E-state index is 0.0162. The summed E-state index contributed by atoms with van der Waals surface area (Å²) in [7, 11) is -3.88. The van der Waals surface area contributed by atoms with Gasteiger partial charge in [-0.1, -0.05) is 36.4 Å². The van der Waals surface area contributed by atoms with Crippen LogP contribution in [0, 0.1) is 0 Å². The predicted octanol–water partition coefficient (Wildman–Crippen LogP) is 4.59. The third-order valence-electron chi connectivity index (χ3n) is 4.76. The molecule has 33 heavy (non-hydrogen) atoms. The number of hydrogen-bond donors (Lipinski definition) is 2. The fourth-order valence-corrected chi connectivity index (χ4v) is 4.17. The number of amides is 1. The molecule has 1 amide bonds. The van der Waals surface area contributed by atoms with E-state index in [0.717, 1.165) is 5.56 Å². The van der Waals surface area contributed by atoms with Gasteiger partial charge in [-0.2, -0.15) is 0 Å². The predicted molar refractivity (Wildman–Crippen MR) is 124 cm³/mol. The van der Waals surface area contributed by atoms with Crippen LogP contribution in [-0.2, 0) is 23.2 Å². The number of nitrogens with one attached hydrogen (secondary N) is 2. The van der Waals surface area contributed by atoms with Crippen LogP contribution in [0.25, 0.3) is 0 Å². The molecule has 1 aromatic heterocycles. The van der Waals surface area contributed by atoms with Crippen molar-refractivity contribution in [1.82, 2.24) is 5.32 Å². The Balaban J connectivity index is 1.38. The number of carbonyl (C=O) groups excluding carboxylic acids is 1. The van der Waals surface area contributed by atoms with Gasteiger partial charge in [0.1, 0.15) is 18.1 Å². The molecule has 0 fully saturated rings. The van der Waals surface area contributed by atoms with Crippen LogP contribution in [0.1, 0.15) is 21.7 Å². The van der Waals surface area contributed by atoms with Crippen molar-refractivity contribution in [2.45, 2.75) is 18.0 Å². The lowest BCUT2D eigenvalue weighted by Gasteiger charge is -2.11. The highest BCUT2D eigenvalue weighted by molar-refractivity contribution is 7.92. The highest BCUT2D eigenvalue weighted by Crippen LogP contribution is 2.21. The highest BCUT2D eigenvalue weighted by atomic mass is 32.2. The summed E-state index contributed by atoms with van der Waals surface area (Å²) in [6.07, 6.45) is 1.52. The standard InChI is InChI=1S/C25H22N2O5S/c28-25(26-17-23-9-5-15-31-23)20-8-4-10-24(16-20)33(29,30)27-21-11-13-22(14-12-21)32-18-19-6-2-1-3-7-19/h1-16,27H,17-18H2,(H,26,28). The van der Waals surface area contributed by atoms with Gasteiger partial charge in [-0.05, 0) is 60.2 Å². The summed E-state index contributed by atoms with van der Waals surface area (Å²) in [4.78, 5) is 12.4. The largest absolute Gasteiger partial charge is 0.489 e. The summed E-state index contributed by atoms with van der Waals surface area (Å²) in [5.74, 6) is 0.824. The molecule has 4 rings (SSSR count). The van der Waals surface area contributed by atoms with Crippen molar-refractivity contribution in [2.24, 2.45) is 0 Å². The molecule has 8 heteroatoms. The first-order chi connectivity index (χ1) is 16.0. The van der Waals surface area contributed by atoms with Crippen molar-refractivity contribution >= 4 is 21.6 Å². The molecule has 0 aliphatic heterocycles. The Labute approximate surface area is 192 Å². The van der Waals surface area contributed by atoms with E-state index in [2.05, 4.69) is 10.0 Å². The van der Waals surface area contributed by atoms with E-state index in [-0.39, 0.29) is 17.0 Å². The number of carbonyl (C=O) groups is 1. The van der Waals surface area contributed by atoms with Gasteiger partial charge in [0.2, 0.25) is 0 Å². The van der Waals surface area contributed by atoms with E-state index >= 15 is 0 Å². The number of anilines is 1. The van der Waals surface area contributed by atoms with Crippen molar-refractivity contribution in [3.05, 3.63) is 114 Å². The molecule has 0 aliphatic carbocycles. The Morgan fingerprint density at radius 1 is 0.879 bits per heavy atom. The Morgan fingerprint density at radius 3 is 2.39 bits per heavy atom. The van der Waals surface area contributed by atoms with Gasteiger partial charge in [0.05, 0.1) is 17.7 Å². The summed E-state index contributed by atoms with van der Waals surface area (Å²) in [5, 5.41) is 2.70. The lowest BCUT2D eigenvalue weighted by molar-refractivity contribution is 0.0948. The molecule has 2 N–H and O–H groups in total. The first-order valence-corrected chi connectivity index (χ1v) is 11.7. The molecule has 0 aliphatic rings. The zero-order chi connectivity index (χ0) is 23.1. The van der Waals surface area contributed by atoms with E-state index in [1.165, 1.54) is 24.5 Å². The first kappa shape index (κ1) is 22.2. The van der Waals surface area contributed by atoms with Gasteiger partial charge in [0, 0.05) is 11.3 Å². The average Bonchev–Trinajstić information content (AvgIpc) is 3.36. The van der Waals surface area contributed by atoms with Crippen molar-refractivity contribution in [3.63, 3.8) is 0 Å². The van der Waals surface area contributed by atoms with Crippen LogP contribution in [0.3, 0.4) is 0 Å². The minimum Gasteiger partial charge on any atom is -0.489 e. The number of sulfonamides is 1. The third kappa shape index (κ3) is 6.02. The Morgan fingerprint density at radius 2 is 1.67 bits per heavy atom. The van der Waals surface area contributed by atoms with Crippen LogP contribution < -0.4 is 14.8 Å². The van der Waals surface area contributed by atoms with E-state index in [4.69, 9.17) is 9.15 Å². The first-order valence-electron chi connectivity index (χ1n) is 10.2. The van der Waals surface area contributed by atoms with E-state index in [9.17, 15) is 13.2 Å². The zero-order valence-electron chi connectivity index (χ0n) is 17.6. The van der Waals surface area contributed by atoms with E-state index in [1.807, 2.05) is 30.3 Å². The second-order valence-corrected chi connectivity index (χ2v) is 8.88. The lowest BCUT2D eigenvalue weighted by atomic mass is 10.2. The second kappa shape index (κ2) is 10.1. The van der Waals surface area contributed by atoms with Gasteiger partial charge >= 0.3 is 0 Å². The highest BCUT2D eigenvalue weighted by Gasteiger charge is 2.17. The Bertz CT molecular complexity index is 1300. The number of hydrogen-bond acceptors (Lipinski definition) is 5. The summed E-state index contributed by atoms with van der Waals surface area (Å²) >= 11 is 0. The van der Waals surface area contributed by atoms with Crippen LogP contribution in [0.5, 0.6) is 5.75 Å². The summed E-state index contributed by atoms with van der Waals surface area (Å²) in [6.45, 7) is 0.625. The molecular weight excluding hydrogens is 440 g/mol. The fraction of sp³-hybridized carbons (Fsp3) is 0.0800. The minimum atomic E-state index is -3.88. The lowest BCUT2D eigenvalue weighted by Crippen LogP contribution is -2.23. The van der Waals surface area contributed by atoms with Crippen molar-refractivity contribution in [3.8, 4) is 5.75 Å². The number of benzene rings is 3. The molecule has 0 saturated carbocycles. The molecule has 1 heterocycles. The van der Waals surface area contributed by atoms with E-state index < -0.39 is 15.9 Å². The molecule has 4 aromatic rings. The SMILES string of the molecule is O=C(NCc1ccco1)c1cccc(S(=O)(=O)Nc2ccc(OCc3ccccc3)cc2)c1. The maximum atomic E-state index is 12.8. The Hall–Kier alpha value is -4.04. The maximum Gasteiger partial charge on any atom is 0.261 e. The van der Waals surface area contributed by atoms with Crippen LogP contribution in [0.2, 0.25) is 0 Å². The van der Waals surface area contributed by atoms with E-state index in [1.54, 1.807) is 42.5 Å². The van der Waals surface area contributed by atoms with Crippen molar-refractivity contribution in [2.75, 3.05) is 4.72 Å². The number of rotatable bonds is 9. The van der Waals surface area contributed by atoms with Gasteiger partial charge in [-0.15, -0.1) is 0 Å². The van der Waals surface area contributed by atoms with Gasteiger partial charge in [0.25, 0.3) is 15.9 Å². The van der Waals surface area contributed by atoms with Crippen LogP contribution in [-0.4, -0.2) is 14.3 Å². The van der Waals surface area contributed by atoms with Crippen molar-refractivity contribution in [1.29, 1.82) is 0 Å². The van der Waals surface area contributed by atoms with Crippen LogP contribution in [0.15, 0.2) is 107 Å². The molecule has 3 aromatic carbocycles. The number of ether oxygens (including phenoxy) is 1. The van der Waals surface area contributed by atoms with Crippen LogP contribution >= 0.6 is 0 Å². The molecule has 0 spiro atoms. The summed E-state index contributed by atoms with van der Waals surface area (Å²) in [5.41, 5.74) is 1.65. The molecule has 0 radical (unpaired) electrons. The van der Waals surface area contributed by atoms with Gasteiger partial charge in [0.15, 0.2) is 0 Å². The van der Waals surface area contributed by atoms with Crippen LogP contribution in [0.4, 0.5) is 5.69 Å². The normalized spacial score (nSPS) is 11.0. The third-order valence-corrected chi connectivity index (χ3v) is 6.14. The molecule has 0 atom stereocenters. The van der Waals surface area contributed by atoms with E-state index in [0.29, 0.717) is 23.8 Å². The molecular formula is C25H22N2O5S. The fourth-order valence-electron chi connectivity index (χ4n) is 3.06. The van der Waals surface area contributed by atoms with Gasteiger partial charge in [-0.3, -0.25) is 9.52 Å². The molecule has 7 nitrogen and oxygen atoms in total. The molecule has 0 unspecified atom stereocenters. The summed E-state index contributed by atoms with van der Waals surface area (Å²) < 4.78 is 39.1. The maximum absolute atomic E-state index is 12.8. The van der Waals surface area contributed by atoms with Crippen molar-refractivity contribution < 1.29 is 22.4 Å². The summed E-state index contributed by atoms with van der Waals surface area (Å²) in [6, 6.07) is 25.7.